The quantitative estimate of drug-likeness (QED) is 0.0135. The summed E-state index contributed by atoms with van der Waals surface area (Å²) in [5.41, 5.74) is -1.34. The number of thiazole rings is 1. The highest BCUT2D eigenvalue weighted by atomic mass is 32.2. The third kappa shape index (κ3) is 9.31. The number of nitrogens with zero attached hydrogens (tertiary/aromatic N) is 5. The van der Waals surface area contributed by atoms with Crippen molar-refractivity contribution in [3.63, 3.8) is 0 Å². The number of amides is 2. The molecule has 2 aliphatic heterocycles. The van der Waals surface area contributed by atoms with Gasteiger partial charge in [-0.3, -0.25) is 14.4 Å². The summed E-state index contributed by atoms with van der Waals surface area (Å²) in [6, 6.07) is 31.4. The van der Waals surface area contributed by atoms with E-state index in [1.165, 1.54) is 60.3 Å². The fourth-order valence-electron chi connectivity index (χ4n) is 7.91. The lowest BCUT2D eigenvalue weighted by Gasteiger charge is -2.53. The first kappa shape index (κ1) is 46.4. The van der Waals surface area contributed by atoms with Gasteiger partial charge in [-0.1, -0.05) is 108 Å². The van der Waals surface area contributed by atoms with Crippen LogP contribution >= 0.6 is 23.1 Å². The minimum atomic E-state index is -1.65. The normalized spacial score (nSPS) is 18.9. The van der Waals surface area contributed by atoms with Gasteiger partial charge in [0.1, 0.15) is 33.7 Å². The summed E-state index contributed by atoms with van der Waals surface area (Å²) in [6.07, 6.45) is 4.72. The summed E-state index contributed by atoms with van der Waals surface area (Å²) in [7, 11) is 0. The molecule has 2 fully saturated rings. The van der Waals surface area contributed by atoms with Gasteiger partial charge in [-0.15, -0.1) is 23.1 Å². The van der Waals surface area contributed by atoms with Crippen molar-refractivity contribution in [1.29, 1.82) is 0 Å². The molecule has 16 nitrogen and oxygen atoms in total. The molecule has 2 aliphatic rings. The number of β-lactam (4-membered cyclic amide) rings is 1. The third-order valence-corrected chi connectivity index (χ3v) is 13.7. The number of hydrogen-bond acceptors (Lipinski definition) is 14. The number of phenolic OH excluding ortho intramolecular Hbond substituents is 2. The number of nitrogens with one attached hydrogen (secondary N) is 2. The van der Waals surface area contributed by atoms with Crippen LogP contribution in [-0.2, 0) is 40.8 Å². The highest BCUT2D eigenvalue weighted by molar-refractivity contribution is 8.00. The molecule has 5 N–H and O–H groups in total. The van der Waals surface area contributed by atoms with Crippen LogP contribution in [0.3, 0.4) is 0 Å². The van der Waals surface area contributed by atoms with Crippen LogP contribution in [-0.4, -0.2) is 99.1 Å². The van der Waals surface area contributed by atoms with Gasteiger partial charge in [0.15, 0.2) is 22.3 Å². The molecule has 0 bridgehead atoms. The number of phenols is 2. The van der Waals surface area contributed by atoms with E-state index in [-0.39, 0.29) is 41.7 Å². The van der Waals surface area contributed by atoms with Crippen LogP contribution in [0.15, 0.2) is 132 Å². The van der Waals surface area contributed by atoms with Crippen molar-refractivity contribution in [3.8, 4) is 11.5 Å². The lowest BCUT2D eigenvalue weighted by atomic mass is 9.77. The number of oxime groups is 1. The Kier molecular flexibility index (Phi) is 12.6. The number of aromatic nitrogens is 3. The summed E-state index contributed by atoms with van der Waals surface area (Å²) in [6.45, 7) is 8.13. The monoisotopic (exact) mass is 943 g/mol. The number of hydrogen-bond donors (Lipinski definition) is 5. The van der Waals surface area contributed by atoms with Crippen LogP contribution in [0.4, 0.5) is 5.13 Å². The number of anilines is 1. The van der Waals surface area contributed by atoms with Crippen LogP contribution in [0, 0.1) is 5.41 Å². The van der Waals surface area contributed by atoms with Gasteiger partial charge in [-0.25, -0.2) is 14.8 Å². The molecule has 0 saturated carbocycles. The van der Waals surface area contributed by atoms with Gasteiger partial charge in [-0.2, -0.15) is 0 Å². The van der Waals surface area contributed by atoms with Gasteiger partial charge < -0.3 is 45.0 Å². The Hall–Kier alpha value is -7.18. The van der Waals surface area contributed by atoms with E-state index in [4.69, 9.17) is 14.6 Å². The Labute approximate surface area is 394 Å². The van der Waals surface area contributed by atoms with Gasteiger partial charge in [0, 0.05) is 36.4 Å². The van der Waals surface area contributed by atoms with Crippen LogP contribution in [0.25, 0.3) is 11.0 Å². The van der Waals surface area contributed by atoms with Gasteiger partial charge in [0.2, 0.25) is 11.5 Å². The first-order valence-corrected chi connectivity index (χ1v) is 23.2. The van der Waals surface area contributed by atoms with E-state index in [1.807, 2.05) is 91.0 Å². The van der Waals surface area contributed by atoms with Crippen molar-refractivity contribution in [2.45, 2.75) is 69.3 Å². The number of benzene rings is 4. The Bertz CT molecular complexity index is 2780. The van der Waals surface area contributed by atoms with Gasteiger partial charge >= 0.3 is 11.9 Å². The fourth-order valence-corrected chi connectivity index (χ4v) is 10.2. The minimum absolute atomic E-state index is 0.0836. The average molecular weight is 944 g/mol. The molecule has 6 aromatic rings. The summed E-state index contributed by atoms with van der Waals surface area (Å²) in [5.74, 6) is -3.69. The number of imidazole rings is 1. The van der Waals surface area contributed by atoms with E-state index in [0.717, 1.165) is 16.7 Å². The molecular formula is C49H49N7O9S2. The maximum atomic E-state index is 14.4. The Morgan fingerprint density at radius 1 is 0.910 bits per heavy atom. The molecule has 2 unspecified atom stereocenters. The minimum Gasteiger partial charge on any atom is -0.504 e. The van der Waals surface area contributed by atoms with Crippen LogP contribution < -0.4 is 10.6 Å². The van der Waals surface area contributed by atoms with Crippen LogP contribution in [0.5, 0.6) is 11.5 Å². The molecule has 67 heavy (non-hydrogen) atoms. The highest BCUT2D eigenvalue weighted by Crippen LogP contribution is 2.44. The summed E-state index contributed by atoms with van der Waals surface area (Å²) < 4.78 is 7.26. The molecule has 346 valence electrons. The predicted molar refractivity (Wildman–Crippen MR) is 255 cm³/mol. The number of aromatic hydroxyl groups is 2. The summed E-state index contributed by atoms with van der Waals surface area (Å²) in [5, 5.41) is 42.5. The van der Waals surface area contributed by atoms with E-state index in [2.05, 4.69) is 20.8 Å². The van der Waals surface area contributed by atoms with Crippen molar-refractivity contribution in [3.05, 3.63) is 149 Å². The number of ether oxygens (including phenoxy) is 1. The molecular weight excluding hydrogens is 895 g/mol. The lowest BCUT2D eigenvalue weighted by molar-refractivity contribution is -0.179. The number of esters is 1. The van der Waals surface area contributed by atoms with E-state index >= 15 is 0 Å². The maximum Gasteiger partial charge on any atom is 0.353 e. The zero-order valence-corrected chi connectivity index (χ0v) is 38.9. The van der Waals surface area contributed by atoms with Gasteiger partial charge in [-0.05, 0) is 51.3 Å². The largest absolute Gasteiger partial charge is 0.504 e. The van der Waals surface area contributed by atoms with E-state index in [9.17, 15) is 34.5 Å². The topological polar surface area (TPSA) is 218 Å². The van der Waals surface area contributed by atoms with E-state index < -0.39 is 57.3 Å². The van der Waals surface area contributed by atoms with Crippen LogP contribution in [0.1, 0.15) is 57.0 Å². The van der Waals surface area contributed by atoms with Gasteiger partial charge in [0.05, 0.1) is 17.4 Å². The second kappa shape index (κ2) is 18.2. The van der Waals surface area contributed by atoms with E-state index in [0.29, 0.717) is 16.2 Å². The number of carboxylic acid groups (broad SMARTS) is 1. The standard InChI is InChI=1S/C49H49N7O9S2/c1-46(2,3)64-44(63)47(4,5)65-54-38(34-26-66-45(51-34)53-49(30-16-9-6-10-17-30,31-18-11-7-12-19-31)32-20-13-8-14-21-32)40(59)52-39-41(60)56-27-48(43(61)62,28-67-42(39)56)22-15-23-55-29-50-33-24-36(57)37(58)25-35(33)55/h6-22,24-26,29,39,42,57-58H,23,27-28H2,1-5H3,(H,51,53)(H,52,59)(H,61,62)/t39?,42-,48?/m1/s1. The molecule has 2 amide bonds. The number of carbonyl (C=O) groups is 4. The predicted octanol–water partition coefficient (Wildman–Crippen LogP) is 6.88. The second-order valence-electron chi connectivity index (χ2n) is 17.8. The fraction of sp³-hybridized carbons (Fsp3) is 0.286. The second-order valence-corrected chi connectivity index (χ2v) is 19.7. The number of allylic oxidation sites excluding steroid dienone is 1. The Morgan fingerprint density at radius 3 is 2.09 bits per heavy atom. The molecule has 2 aromatic heterocycles. The Morgan fingerprint density at radius 2 is 1.51 bits per heavy atom. The van der Waals surface area contributed by atoms with E-state index in [1.54, 1.807) is 42.9 Å². The summed E-state index contributed by atoms with van der Waals surface area (Å²) >= 11 is 2.44. The lowest BCUT2D eigenvalue weighted by Crippen LogP contribution is -2.73. The number of carbonyl (C=O) groups excluding carboxylic acids is 3. The molecule has 3 atom stereocenters. The molecule has 2 saturated heterocycles. The van der Waals surface area contributed by atoms with Gasteiger partial charge in [0.25, 0.3) is 5.91 Å². The summed E-state index contributed by atoms with van der Waals surface area (Å²) in [4.78, 5) is 70.7. The third-order valence-electron chi connectivity index (χ3n) is 11.4. The molecule has 0 aliphatic carbocycles. The first-order chi connectivity index (χ1) is 31.9. The zero-order valence-electron chi connectivity index (χ0n) is 37.2. The molecule has 0 radical (unpaired) electrons. The van der Waals surface area contributed by atoms with Crippen LogP contribution in [0.2, 0.25) is 0 Å². The van der Waals surface area contributed by atoms with Crippen molar-refractivity contribution < 1.29 is 44.1 Å². The number of fused-ring (bicyclic) bond motifs is 2. The molecule has 0 spiro atoms. The van der Waals surface area contributed by atoms with Crippen molar-refractivity contribution in [2.24, 2.45) is 10.6 Å². The smallest absolute Gasteiger partial charge is 0.353 e. The number of aliphatic carboxylic acids is 1. The first-order valence-electron chi connectivity index (χ1n) is 21.3. The number of thioether (sulfide) groups is 1. The highest BCUT2D eigenvalue weighted by Gasteiger charge is 2.57. The maximum absolute atomic E-state index is 14.4. The number of rotatable bonds is 15. The molecule has 8 rings (SSSR count). The van der Waals surface area contributed by atoms with Crippen molar-refractivity contribution in [1.82, 2.24) is 24.8 Å². The SMILES string of the molecule is CC(C)(C)OC(=O)C(C)(C)ON=C(C(=O)NC1C(=O)N2CC(C=CCn3cnc4cc(O)c(O)cc43)(C(=O)O)CS[C@H]12)c1csc(NC(c2ccccc2)(c2ccccc2)c2ccccc2)n1. The number of carboxylic acids is 1. The molecule has 18 heteroatoms. The molecule has 4 aromatic carbocycles. The van der Waals surface area contributed by atoms with Crippen molar-refractivity contribution in [2.75, 3.05) is 17.6 Å². The molecule has 4 heterocycles. The van der Waals surface area contributed by atoms with Crippen molar-refractivity contribution >= 4 is 68.7 Å². The average Bonchev–Trinajstić information content (AvgIpc) is 3.93. The Balaban J connectivity index is 1.06. The zero-order chi connectivity index (χ0) is 47.7.